The number of halogens is 1. The van der Waals surface area contributed by atoms with Crippen molar-refractivity contribution in [3.05, 3.63) is 35.9 Å². The van der Waals surface area contributed by atoms with E-state index in [4.69, 9.17) is 9.94 Å². The van der Waals surface area contributed by atoms with Gasteiger partial charge in [0.05, 0.1) is 0 Å². The molecule has 17 heavy (non-hydrogen) atoms. The fraction of sp³-hybridized carbons (Fsp3) is 0.200. The highest BCUT2D eigenvalue weighted by atomic mass is 35.5. The molecular weight excluding hydrogens is 248 g/mol. The molecule has 0 unspecified atom stereocenters. The number of nitrogens with one attached hydrogen (secondary N) is 2. The van der Waals surface area contributed by atoms with Gasteiger partial charge in [0.15, 0.2) is 0 Å². The molecule has 6 nitrogen and oxygen atoms in total. The molecule has 0 aliphatic heterocycles. The molecule has 0 saturated heterocycles. The lowest BCUT2D eigenvalue weighted by Crippen LogP contribution is -2.37. The van der Waals surface area contributed by atoms with Gasteiger partial charge in [-0.2, -0.15) is 0 Å². The fourth-order valence-corrected chi connectivity index (χ4v) is 0.981. The van der Waals surface area contributed by atoms with Crippen LogP contribution in [0.5, 0.6) is 0 Å². The Morgan fingerprint density at radius 3 is 2.47 bits per heavy atom. The van der Waals surface area contributed by atoms with Crippen LogP contribution in [0.1, 0.15) is 5.56 Å². The first-order valence-electron chi connectivity index (χ1n) is 4.60. The van der Waals surface area contributed by atoms with E-state index >= 15 is 0 Å². The number of amides is 2. The van der Waals surface area contributed by atoms with Crippen LogP contribution in [0.25, 0.3) is 0 Å². The van der Waals surface area contributed by atoms with Crippen molar-refractivity contribution in [3.8, 4) is 0 Å². The molecule has 2 amide bonds. The minimum absolute atomic E-state index is 0. The third-order valence-electron chi connectivity index (χ3n) is 1.74. The van der Waals surface area contributed by atoms with Crippen LogP contribution in [0.2, 0.25) is 0 Å². The first-order valence-corrected chi connectivity index (χ1v) is 4.60. The number of carbonyl (C=O) groups excluding carboxylic acids is 2. The zero-order valence-electron chi connectivity index (χ0n) is 8.88. The lowest BCUT2D eigenvalue weighted by Gasteiger charge is -2.05. The lowest BCUT2D eigenvalue weighted by molar-refractivity contribution is -0.143. The number of hydroxylamine groups is 1. The summed E-state index contributed by atoms with van der Waals surface area (Å²) in [4.78, 5) is 21.6. The highest BCUT2D eigenvalue weighted by molar-refractivity contribution is 5.85. The maximum atomic E-state index is 11.1. The molecule has 0 atom stereocenters. The average molecular weight is 261 g/mol. The molecule has 0 fully saturated rings. The molecule has 1 rings (SSSR count). The first kappa shape index (κ1) is 15.2. The van der Waals surface area contributed by atoms with Crippen molar-refractivity contribution < 1.29 is 19.5 Å². The smallest absolute Gasteiger partial charge is 0.339 e. The molecule has 3 N–H and O–H groups in total. The molecule has 0 bridgehead atoms. The van der Waals surface area contributed by atoms with E-state index in [-0.39, 0.29) is 25.6 Å². The van der Waals surface area contributed by atoms with E-state index < -0.39 is 12.0 Å². The third kappa shape index (κ3) is 6.39. The van der Waals surface area contributed by atoms with Gasteiger partial charge in [-0.25, -0.2) is 10.3 Å². The maximum Gasteiger partial charge on any atom is 0.339 e. The minimum Gasteiger partial charge on any atom is -0.460 e. The number of urea groups is 1. The average Bonchev–Trinajstić information content (AvgIpc) is 2.34. The van der Waals surface area contributed by atoms with Crippen LogP contribution < -0.4 is 10.8 Å². The molecule has 0 saturated carbocycles. The summed E-state index contributed by atoms with van der Waals surface area (Å²) in [5.74, 6) is -0.576. The van der Waals surface area contributed by atoms with Crippen molar-refractivity contribution >= 4 is 24.4 Å². The van der Waals surface area contributed by atoms with Gasteiger partial charge < -0.3 is 10.1 Å². The Balaban J connectivity index is 0.00000256. The molecule has 94 valence electrons. The minimum atomic E-state index is -0.850. The van der Waals surface area contributed by atoms with Crippen LogP contribution in [0.3, 0.4) is 0 Å². The summed E-state index contributed by atoms with van der Waals surface area (Å²) in [5.41, 5.74) is 2.20. The molecule has 1 aromatic carbocycles. The van der Waals surface area contributed by atoms with E-state index in [1.807, 2.05) is 30.3 Å². The Morgan fingerprint density at radius 2 is 1.88 bits per heavy atom. The van der Waals surface area contributed by atoms with Gasteiger partial charge in [-0.15, -0.1) is 12.4 Å². The summed E-state index contributed by atoms with van der Waals surface area (Å²) >= 11 is 0. The summed E-state index contributed by atoms with van der Waals surface area (Å²) in [7, 11) is 0. The normalized spacial score (nSPS) is 8.76. The quantitative estimate of drug-likeness (QED) is 0.425. The Morgan fingerprint density at radius 1 is 1.24 bits per heavy atom. The summed E-state index contributed by atoms with van der Waals surface area (Å²) in [5, 5.41) is 10.2. The van der Waals surface area contributed by atoms with E-state index in [0.717, 1.165) is 5.56 Å². The number of rotatable bonds is 4. The van der Waals surface area contributed by atoms with E-state index in [9.17, 15) is 9.59 Å². The van der Waals surface area contributed by atoms with Crippen molar-refractivity contribution in [1.29, 1.82) is 0 Å². The van der Waals surface area contributed by atoms with Gasteiger partial charge in [0.25, 0.3) is 0 Å². The molecule has 0 aromatic heterocycles. The van der Waals surface area contributed by atoms with Gasteiger partial charge in [0.1, 0.15) is 13.2 Å². The molecular formula is C10H13ClN2O4. The van der Waals surface area contributed by atoms with Crippen molar-refractivity contribution in [1.82, 2.24) is 10.8 Å². The largest absolute Gasteiger partial charge is 0.460 e. The predicted octanol–water partition coefficient (Wildman–Crippen LogP) is 0.840. The number of carbonyl (C=O) groups is 2. The van der Waals surface area contributed by atoms with E-state index in [2.05, 4.69) is 5.32 Å². The summed E-state index contributed by atoms with van der Waals surface area (Å²) in [6.07, 6.45) is 0. The monoisotopic (exact) mass is 260 g/mol. The van der Waals surface area contributed by atoms with Crippen LogP contribution >= 0.6 is 12.4 Å². The Hall–Kier alpha value is -1.79. The number of esters is 1. The summed E-state index contributed by atoms with van der Waals surface area (Å²) in [6.45, 7) is -0.138. The predicted molar refractivity (Wildman–Crippen MR) is 61.8 cm³/mol. The van der Waals surface area contributed by atoms with Crippen LogP contribution in [-0.2, 0) is 16.1 Å². The van der Waals surface area contributed by atoms with Gasteiger partial charge >= 0.3 is 12.0 Å². The van der Waals surface area contributed by atoms with Crippen molar-refractivity contribution in [2.24, 2.45) is 0 Å². The van der Waals surface area contributed by atoms with Gasteiger partial charge in [0, 0.05) is 0 Å². The molecule has 0 aliphatic rings. The van der Waals surface area contributed by atoms with E-state index in [0.29, 0.717) is 0 Å². The highest BCUT2D eigenvalue weighted by Crippen LogP contribution is 2.00. The molecule has 1 aromatic rings. The van der Waals surface area contributed by atoms with Crippen LogP contribution in [0.15, 0.2) is 30.3 Å². The molecule has 0 spiro atoms. The Bertz CT molecular complexity index is 359. The van der Waals surface area contributed by atoms with Crippen molar-refractivity contribution in [2.45, 2.75) is 6.61 Å². The maximum absolute atomic E-state index is 11.1. The summed E-state index contributed by atoms with van der Waals surface area (Å²) in [6, 6.07) is 8.32. The zero-order valence-corrected chi connectivity index (χ0v) is 9.70. The number of benzene rings is 1. The van der Waals surface area contributed by atoms with Crippen LogP contribution in [0, 0.1) is 0 Å². The standard InChI is InChI=1S/C10H12N2O4.ClH/c13-9(6-11-10(14)12-15)16-7-8-4-2-1-3-5-8;/h1-5,15H,6-7H2,(H2,11,12,14);1H. The summed E-state index contributed by atoms with van der Waals surface area (Å²) < 4.78 is 4.86. The fourth-order valence-electron chi connectivity index (χ4n) is 0.981. The SMILES string of the molecule is Cl.O=C(NO)NCC(=O)OCc1ccccc1. The Labute approximate surface area is 104 Å². The number of ether oxygens (including phenoxy) is 1. The van der Waals surface area contributed by atoms with Gasteiger partial charge in [-0.1, -0.05) is 30.3 Å². The molecule has 0 radical (unpaired) electrons. The van der Waals surface area contributed by atoms with E-state index in [1.165, 1.54) is 5.48 Å². The molecule has 7 heteroatoms. The van der Waals surface area contributed by atoms with Crippen molar-refractivity contribution in [2.75, 3.05) is 6.54 Å². The van der Waals surface area contributed by atoms with Crippen LogP contribution in [-0.4, -0.2) is 23.8 Å². The van der Waals surface area contributed by atoms with Gasteiger partial charge in [-0.3, -0.25) is 10.0 Å². The number of hydrogen-bond donors (Lipinski definition) is 3. The topological polar surface area (TPSA) is 87.7 Å². The van der Waals surface area contributed by atoms with Crippen LogP contribution in [0.4, 0.5) is 4.79 Å². The zero-order chi connectivity index (χ0) is 11.8. The second kappa shape index (κ2) is 8.37. The van der Waals surface area contributed by atoms with Gasteiger partial charge in [-0.05, 0) is 5.56 Å². The van der Waals surface area contributed by atoms with Crippen molar-refractivity contribution in [3.63, 3.8) is 0 Å². The number of hydrogen-bond acceptors (Lipinski definition) is 4. The molecule has 0 heterocycles. The Kier molecular flexibility index (Phi) is 7.49. The first-order chi connectivity index (χ1) is 7.72. The highest BCUT2D eigenvalue weighted by Gasteiger charge is 2.05. The second-order valence-corrected chi connectivity index (χ2v) is 2.94. The third-order valence-corrected chi connectivity index (χ3v) is 1.74. The van der Waals surface area contributed by atoms with Gasteiger partial charge in [0.2, 0.25) is 0 Å². The lowest BCUT2D eigenvalue weighted by atomic mass is 10.2. The molecule has 0 aliphatic carbocycles. The second-order valence-electron chi connectivity index (χ2n) is 2.94. The van der Waals surface area contributed by atoms with E-state index in [1.54, 1.807) is 0 Å².